The summed E-state index contributed by atoms with van der Waals surface area (Å²) < 4.78 is 10.5. The van der Waals surface area contributed by atoms with Gasteiger partial charge in [0.15, 0.2) is 0 Å². The van der Waals surface area contributed by atoms with Gasteiger partial charge in [-0.1, -0.05) is 44.2 Å². The minimum Gasteiger partial charge on any atom is -0.450 e. The van der Waals surface area contributed by atoms with Crippen molar-refractivity contribution in [2.24, 2.45) is 10.9 Å². The highest BCUT2D eigenvalue weighted by Crippen LogP contribution is 2.23. The van der Waals surface area contributed by atoms with Crippen molar-refractivity contribution in [2.75, 3.05) is 52.5 Å². The summed E-state index contributed by atoms with van der Waals surface area (Å²) in [4.78, 5) is 34.8. The molecule has 0 bridgehead atoms. The van der Waals surface area contributed by atoms with Gasteiger partial charge in [-0.25, -0.2) is 9.79 Å². The van der Waals surface area contributed by atoms with E-state index in [0.717, 1.165) is 26.1 Å². The summed E-state index contributed by atoms with van der Waals surface area (Å²) >= 11 is 0. The molecule has 1 atom stereocenters. The molecule has 1 unspecified atom stereocenters. The molecule has 0 aromatic heterocycles. The van der Waals surface area contributed by atoms with E-state index in [-0.39, 0.29) is 18.4 Å². The number of morpholine rings is 1. The van der Waals surface area contributed by atoms with Gasteiger partial charge in [0.25, 0.3) is 0 Å². The first kappa shape index (κ1) is 29.4. The molecular formula is C28H42N6O4. The Balaban J connectivity index is 1.68. The molecule has 2 saturated heterocycles. The molecule has 0 aliphatic carbocycles. The van der Waals surface area contributed by atoms with Gasteiger partial charge in [0, 0.05) is 32.7 Å². The van der Waals surface area contributed by atoms with Crippen LogP contribution in [0.25, 0.3) is 0 Å². The number of aliphatic imine (C=N–C) groups is 1. The number of carbonyl (C=O) groups excluding carboxylic acids is 2. The van der Waals surface area contributed by atoms with Crippen molar-refractivity contribution in [1.82, 2.24) is 20.4 Å². The summed E-state index contributed by atoms with van der Waals surface area (Å²) in [5, 5.41) is 15.9. The predicted molar refractivity (Wildman–Crippen MR) is 146 cm³/mol. The molecule has 2 fully saturated rings. The van der Waals surface area contributed by atoms with Crippen molar-refractivity contribution in [3.63, 3.8) is 0 Å². The lowest BCUT2D eigenvalue weighted by Gasteiger charge is -2.38. The second-order valence-electron chi connectivity index (χ2n) is 10.3. The first-order chi connectivity index (χ1) is 18.3. The number of hydrogen-bond donors (Lipinski definition) is 2. The van der Waals surface area contributed by atoms with Crippen LogP contribution in [0.5, 0.6) is 0 Å². The van der Waals surface area contributed by atoms with Crippen LogP contribution in [0.1, 0.15) is 45.6 Å². The number of rotatable bonds is 9. The molecule has 10 nitrogen and oxygen atoms in total. The smallest absolute Gasteiger partial charge is 0.413 e. The van der Waals surface area contributed by atoms with Gasteiger partial charge >= 0.3 is 6.09 Å². The van der Waals surface area contributed by atoms with Crippen molar-refractivity contribution in [2.45, 2.75) is 58.0 Å². The maximum absolute atomic E-state index is 13.6. The van der Waals surface area contributed by atoms with E-state index in [1.165, 1.54) is 5.56 Å². The number of guanidine groups is 1. The average Bonchev–Trinajstić information content (AvgIpc) is 2.93. The van der Waals surface area contributed by atoms with Crippen molar-refractivity contribution in [3.8, 4) is 6.07 Å². The molecule has 38 heavy (non-hydrogen) atoms. The van der Waals surface area contributed by atoms with Gasteiger partial charge in [0.05, 0.1) is 25.9 Å². The largest absolute Gasteiger partial charge is 0.450 e. The van der Waals surface area contributed by atoms with Crippen LogP contribution in [0.15, 0.2) is 35.3 Å². The molecule has 2 aliphatic rings. The fraction of sp³-hybridized carbons (Fsp3) is 0.643. The number of hydrogen-bond acceptors (Lipinski definition) is 7. The van der Waals surface area contributed by atoms with E-state index in [4.69, 9.17) is 14.5 Å². The van der Waals surface area contributed by atoms with Crippen molar-refractivity contribution >= 4 is 18.0 Å². The molecule has 1 aromatic rings. The minimum absolute atomic E-state index is 0.181. The molecule has 208 valence electrons. The van der Waals surface area contributed by atoms with E-state index in [1.807, 2.05) is 36.9 Å². The van der Waals surface area contributed by atoms with Crippen LogP contribution in [0.4, 0.5) is 4.79 Å². The summed E-state index contributed by atoms with van der Waals surface area (Å²) in [5.41, 5.74) is 0.360. The van der Waals surface area contributed by atoms with Crippen LogP contribution >= 0.6 is 0 Å². The first-order valence-electron chi connectivity index (χ1n) is 13.7. The van der Waals surface area contributed by atoms with E-state index in [2.05, 4.69) is 33.7 Å². The Kier molecular flexibility index (Phi) is 11.4. The molecule has 0 radical (unpaired) electrons. The first-order valence-corrected chi connectivity index (χ1v) is 13.7. The number of likely N-dealkylation sites (tertiary alicyclic amines) is 1. The summed E-state index contributed by atoms with van der Waals surface area (Å²) in [6, 6.07) is 12.0. The number of nitrogens with one attached hydrogen (secondary N) is 2. The van der Waals surface area contributed by atoms with E-state index in [1.54, 1.807) is 6.92 Å². The van der Waals surface area contributed by atoms with Crippen LogP contribution in [0.3, 0.4) is 0 Å². The fourth-order valence-corrected chi connectivity index (χ4v) is 4.71. The third-order valence-corrected chi connectivity index (χ3v) is 6.92. The van der Waals surface area contributed by atoms with Gasteiger partial charge in [-0.15, -0.1) is 0 Å². The highest BCUT2D eigenvalue weighted by atomic mass is 16.5. The van der Waals surface area contributed by atoms with Gasteiger partial charge in [-0.05, 0) is 44.1 Å². The van der Waals surface area contributed by atoms with Crippen LogP contribution in [0, 0.1) is 17.2 Å². The molecule has 0 saturated carbocycles. The van der Waals surface area contributed by atoms with Crippen molar-refractivity contribution < 1.29 is 19.1 Å². The number of piperidine rings is 1. The van der Waals surface area contributed by atoms with E-state index >= 15 is 0 Å². The third kappa shape index (κ3) is 8.99. The summed E-state index contributed by atoms with van der Waals surface area (Å²) in [6.45, 7) is 10.5. The molecule has 2 aliphatic heterocycles. The van der Waals surface area contributed by atoms with E-state index in [0.29, 0.717) is 51.5 Å². The molecule has 3 rings (SSSR count). The Morgan fingerprint density at radius 1 is 1.16 bits per heavy atom. The average molecular weight is 527 g/mol. The van der Waals surface area contributed by atoms with E-state index in [9.17, 15) is 14.9 Å². The van der Waals surface area contributed by atoms with E-state index < -0.39 is 17.7 Å². The molecule has 1 aromatic carbocycles. The second kappa shape index (κ2) is 14.7. The zero-order valence-electron chi connectivity index (χ0n) is 22.9. The number of nitriles is 1. The monoisotopic (exact) mass is 526 g/mol. The Hall–Kier alpha value is -3.16. The minimum atomic E-state index is -0.932. The predicted octanol–water partition coefficient (Wildman–Crippen LogP) is 2.55. The quantitative estimate of drug-likeness (QED) is 0.375. The number of ether oxygens (including phenoxy) is 2. The highest BCUT2D eigenvalue weighted by molar-refractivity contribution is 5.96. The van der Waals surface area contributed by atoms with Gasteiger partial charge in [-0.2, -0.15) is 5.26 Å². The molecular weight excluding hydrogens is 484 g/mol. The number of carbonyl (C=O) groups is 2. The van der Waals surface area contributed by atoms with Gasteiger partial charge in [0.2, 0.25) is 11.9 Å². The Morgan fingerprint density at radius 3 is 2.45 bits per heavy atom. The lowest BCUT2D eigenvalue weighted by atomic mass is 9.88. The molecule has 0 spiro atoms. The Labute approximate surface area is 226 Å². The summed E-state index contributed by atoms with van der Waals surface area (Å²) in [7, 11) is 0. The Morgan fingerprint density at radius 2 is 1.84 bits per heavy atom. The zero-order chi connectivity index (χ0) is 27.4. The van der Waals surface area contributed by atoms with Gasteiger partial charge in [-0.3, -0.25) is 10.1 Å². The van der Waals surface area contributed by atoms with Crippen molar-refractivity contribution in [3.05, 3.63) is 35.9 Å². The topological polar surface area (TPSA) is 119 Å². The number of amides is 2. The molecule has 2 amide bonds. The van der Waals surface area contributed by atoms with Crippen LogP contribution in [0.2, 0.25) is 0 Å². The Bertz CT molecular complexity index is 963. The SMILES string of the molecule is CCOC(=O)NC(=NC(CC(C)C)C(=O)NC1(C#N)CCN(CCc2ccccc2)CC1)N1CCOCC1. The molecule has 10 heteroatoms. The fourth-order valence-electron chi connectivity index (χ4n) is 4.71. The second-order valence-corrected chi connectivity index (χ2v) is 10.3. The maximum Gasteiger partial charge on any atom is 0.413 e. The van der Waals surface area contributed by atoms with Crippen LogP contribution < -0.4 is 10.6 Å². The number of nitrogens with zero attached hydrogens (tertiary/aromatic N) is 4. The molecule has 2 heterocycles. The summed E-state index contributed by atoms with van der Waals surface area (Å²) in [5.74, 6) is 0.185. The lowest BCUT2D eigenvalue weighted by Crippen LogP contribution is -2.57. The third-order valence-electron chi connectivity index (χ3n) is 6.92. The van der Waals surface area contributed by atoms with Crippen LogP contribution in [-0.2, 0) is 20.7 Å². The maximum atomic E-state index is 13.6. The number of alkyl carbamates (subject to hydrolysis) is 1. The highest BCUT2D eigenvalue weighted by Gasteiger charge is 2.38. The lowest BCUT2D eigenvalue weighted by molar-refractivity contribution is -0.124. The number of benzene rings is 1. The summed E-state index contributed by atoms with van der Waals surface area (Å²) in [6.07, 6.45) is 1.93. The van der Waals surface area contributed by atoms with Crippen molar-refractivity contribution in [1.29, 1.82) is 5.26 Å². The molecule has 2 N–H and O–H groups in total. The van der Waals surface area contributed by atoms with Gasteiger partial charge < -0.3 is 24.6 Å². The van der Waals surface area contributed by atoms with Crippen LogP contribution in [-0.4, -0.2) is 91.9 Å². The standard InChI is InChI=1S/C28H42N6O4/c1-4-38-27(36)31-26(34-16-18-37-19-17-34)30-24(20-22(2)3)25(35)32-28(21-29)11-14-33(15-12-28)13-10-23-8-6-5-7-9-23/h5-9,22,24H,4,10-20H2,1-3H3,(H,32,35)(H,30,31,36). The van der Waals surface area contributed by atoms with Gasteiger partial charge in [0.1, 0.15) is 11.6 Å². The normalized spacial score (nSPS) is 18.9. The zero-order valence-corrected chi connectivity index (χ0v) is 22.9.